The highest BCUT2D eigenvalue weighted by Gasteiger charge is 2.52. The summed E-state index contributed by atoms with van der Waals surface area (Å²) in [5.41, 5.74) is 17.6. The molecule has 2 fully saturated rings. The minimum atomic E-state index is -0.226. The van der Waals surface area contributed by atoms with Gasteiger partial charge in [0.25, 0.3) is 0 Å². The lowest BCUT2D eigenvalue weighted by molar-refractivity contribution is -0.0697. The maximum absolute atomic E-state index is 6.45. The summed E-state index contributed by atoms with van der Waals surface area (Å²) in [6, 6.07) is 8.52. The highest BCUT2D eigenvalue weighted by atomic mass is 15.2. The first-order valence-electron chi connectivity index (χ1n) is 11.0. The van der Waals surface area contributed by atoms with Crippen molar-refractivity contribution in [2.75, 3.05) is 11.9 Å². The number of benzene rings is 1. The Morgan fingerprint density at radius 1 is 1.18 bits per heavy atom. The molecule has 0 saturated heterocycles. The largest absolute Gasteiger partial charge is 0.364 e. The molecule has 1 spiro atoms. The summed E-state index contributed by atoms with van der Waals surface area (Å²) in [6.07, 6.45) is 8.58. The topological polar surface area (TPSA) is 81.9 Å². The molecule has 1 atom stereocenters. The first-order valence-corrected chi connectivity index (χ1v) is 11.0. The number of aryl methyl sites for hydroxylation is 1. The quantitative estimate of drug-likeness (QED) is 0.707. The van der Waals surface area contributed by atoms with E-state index in [1.165, 1.54) is 55.6 Å². The van der Waals surface area contributed by atoms with Gasteiger partial charge in [-0.1, -0.05) is 31.5 Å². The molecule has 1 aliphatic heterocycles. The molecule has 5 rings (SSSR count). The zero-order valence-corrected chi connectivity index (χ0v) is 17.0. The Bertz CT molecular complexity index is 856. The van der Waals surface area contributed by atoms with Gasteiger partial charge in [-0.05, 0) is 62.0 Å². The number of para-hydroxylation sites is 1. The molecule has 1 aromatic heterocycles. The number of imidazole rings is 1. The lowest BCUT2D eigenvalue weighted by atomic mass is 9.48. The molecule has 2 aliphatic carbocycles. The van der Waals surface area contributed by atoms with Crippen molar-refractivity contribution in [1.82, 2.24) is 9.55 Å². The van der Waals surface area contributed by atoms with Crippen LogP contribution >= 0.6 is 0 Å². The molecule has 2 saturated carbocycles. The van der Waals surface area contributed by atoms with Crippen LogP contribution in [0.25, 0.3) is 11.3 Å². The first kappa shape index (κ1) is 18.2. The van der Waals surface area contributed by atoms with Crippen LogP contribution in [0.2, 0.25) is 0 Å². The van der Waals surface area contributed by atoms with Crippen LogP contribution < -0.4 is 16.8 Å². The summed E-state index contributed by atoms with van der Waals surface area (Å²) in [7, 11) is 0. The van der Waals surface area contributed by atoms with Gasteiger partial charge in [-0.25, -0.2) is 4.98 Å². The van der Waals surface area contributed by atoms with Crippen molar-refractivity contribution in [2.24, 2.45) is 28.7 Å². The third-order valence-electron chi connectivity index (χ3n) is 7.28. The Balaban J connectivity index is 1.44. The maximum atomic E-state index is 6.45. The number of nitrogens with one attached hydrogen (secondary N) is 1. The molecular weight excluding hydrogens is 346 g/mol. The summed E-state index contributed by atoms with van der Waals surface area (Å²) >= 11 is 0. The predicted octanol–water partition coefficient (Wildman–Crippen LogP) is 4.04. The van der Waals surface area contributed by atoms with E-state index in [9.17, 15) is 0 Å². The Morgan fingerprint density at radius 3 is 2.68 bits per heavy atom. The monoisotopic (exact) mass is 379 g/mol. The minimum Gasteiger partial charge on any atom is -0.364 e. The first-order chi connectivity index (χ1) is 13.6. The minimum absolute atomic E-state index is 0.226. The van der Waals surface area contributed by atoms with E-state index in [0.29, 0.717) is 5.41 Å². The second-order valence-corrected chi connectivity index (χ2v) is 9.43. The summed E-state index contributed by atoms with van der Waals surface area (Å²) in [5, 5.41) is 3.43. The van der Waals surface area contributed by atoms with Gasteiger partial charge >= 0.3 is 0 Å². The average molecular weight is 380 g/mol. The Kier molecular flexibility index (Phi) is 4.48. The second-order valence-electron chi connectivity index (χ2n) is 9.43. The summed E-state index contributed by atoms with van der Waals surface area (Å²) in [5.74, 6) is 2.75. The fourth-order valence-electron chi connectivity index (χ4n) is 6.01. The Morgan fingerprint density at radius 2 is 1.93 bits per heavy atom. The zero-order valence-electron chi connectivity index (χ0n) is 17.0. The van der Waals surface area contributed by atoms with Crippen LogP contribution in [0.3, 0.4) is 0 Å². The van der Waals surface area contributed by atoms with Crippen LogP contribution in [-0.4, -0.2) is 16.1 Å². The zero-order chi connectivity index (χ0) is 19.3. The van der Waals surface area contributed by atoms with Crippen LogP contribution in [0, 0.1) is 17.3 Å². The smallest absolute Gasteiger partial charge is 0.120 e. The van der Waals surface area contributed by atoms with E-state index in [2.05, 4.69) is 41.1 Å². The molecule has 1 aromatic carbocycles. The van der Waals surface area contributed by atoms with Crippen LogP contribution in [0.4, 0.5) is 5.69 Å². The highest BCUT2D eigenvalue weighted by Crippen LogP contribution is 2.61. The molecule has 5 N–H and O–H groups in total. The van der Waals surface area contributed by atoms with Crippen LogP contribution in [-0.2, 0) is 13.0 Å². The van der Waals surface area contributed by atoms with E-state index >= 15 is 0 Å². The second kappa shape index (κ2) is 6.89. The van der Waals surface area contributed by atoms with E-state index in [-0.39, 0.29) is 6.17 Å². The standard InChI is InChI=1S/C23H33N5/c1-2-3-8-19-27-20-21(17-6-4-5-7-18(17)26-22(20)25)28(19)14-16-11-23(12-16)9-15(10-23)13-24/h4-7,15-16,22,26H,2-3,8-14,24-25H2,1H3. The number of hydrogen-bond acceptors (Lipinski definition) is 4. The highest BCUT2D eigenvalue weighted by molar-refractivity contribution is 5.81. The van der Waals surface area contributed by atoms with Crippen molar-refractivity contribution in [3.05, 3.63) is 35.8 Å². The molecule has 5 nitrogen and oxygen atoms in total. The van der Waals surface area contributed by atoms with Crippen molar-refractivity contribution in [2.45, 2.75) is 64.6 Å². The third-order valence-corrected chi connectivity index (χ3v) is 7.28. The molecule has 3 aliphatic rings. The predicted molar refractivity (Wildman–Crippen MR) is 114 cm³/mol. The van der Waals surface area contributed by atoms with Crippen molar-refractivity contribution in [3.8, 4) is 11.3 Å². The number of nitrogens with zero attached hydrogens (tertiary/aromatic N) is 2. The molecular formula is C23H33N5. The number of anilines is 1. The van der Waals surface area contributed by atoms with E-state index in [4.69, 9.17) is 16.5 Å². The van der Waals surface area contributed by atoms with Gasteiger partial charge < -0.3 is 21.4 Å². The summed E-state index contributed by atoms with van der Waals surface area (Å²) in [6.45, 7) is 4.19. The van der Waals surface area contributed by atoms with Crippen LogP contribution in [0.5, 0.6) is 0 Å². The van der Waals surface area contributed by atoms with Gasteiger partial charge in [-0.15, -0.1) is 0 Å². The molecule has 5 heteroatoms. The van der Waals surface area contributed by atoms with Gasteiger partial charge in [0.2, 0.25) is 0 Å². The summed E-state index contributed by atoms with van der Waals surface area (Å²) in [4.78, 5) is 5.03. The molecule has 0 amide bonds. The Labute approximate surface area is 167 Å². The lowest BCUT2D eigenvalue weighted by Gasteiger charge is -2.58. The maximum Gasteiger partial charge on any atom is 0.120 e. The van der Waals surface area contributed by atoms with Crippen LogP contribution in [0.15, 0.2) is 24.3 Å². The normalized spacial score (nSPS) is 30.2. The molecule has 150 valence electrons. The van der Waals surface area contributed by atoms with E-state index in [0.717, 1.165) is 42.7 Å². The van der Waals surface area contributed by atoms with E-state index < -0.39 is 0 Å². The van der Waals surface area contributed by atoms with Crippen molar-refractivity contribution in [1.29, 1.82) is 0 Å². The number of hydrogen-bond donors (Lipinski definition) is 3. The van der Waals surface area contributed by atoms with Gasteiger partial charge in [0.05, 0.1) is 5.69 Å². The number of unbranched alkanes of at least 4 members (excludes halogenated alkanes) is 1. The van der Waals surface area contributed by atoms with Crippen molar-refractivity contribution < 1.29 is 0 Å². The lowest BCUT2D eigenvalue weighted by Crippen LogP contribution is -2.50. The number of fused-ring (bicyclic) bond motifs is 3. The fourth-order valence-corrected chi connectivity index (χ4v) is 6.01. The third kappa shape index (κ3) is 2.87. The van der Waals surface area contributed by atoms with E-state index in [1.807, 2.05) is 0 Å². The van der Waals surface area contributed by atoms with Crippen LogP contribution in [0.1, 0.15) is 63.1 Å². The average Bonchev–Trinajstić information content (AvgIpc) is 3.00. The van der Waals surface area contributed by atoms with Gasteiger partial charge in [0, 0.05) is 24.2 Å². The van der Waals surface area contributed by atoms with Crippen molar-refractivity contribution >= 4 is 5.69 Å². The molecule has 1 unspecified atom stereocenters. The molecule has 0 radical (unpaired) electrons. The van der Waals surface area contributed by atoms with Gasteiger partial charge in [-0.2, -0.15) is 0 Å². The number of nitrogens with two attached hydrogens (primary N) is 2. The molecule has 2 heterocycles. The van der Waals surface area contributed by atoms with Gasteiger partial charge in [0.15, 0.2) is 0 Å². The fraction of sp³-hybridized carbons (Fsp3) is 0.609. The van der Waals surface area contributed by atoms with Gasteiger partial charge in [0.1, 0.15) is 17.7 Å². The Hall–Kier alpha value is -1.85. The molecule has 0 bridgehead atoms. The molecule has 2 aromatic rings. The number of rotatable bonds is 6. The summed E-state index contributed by atoms with van der Waals surface area (Å²) < 4.78 is 2.52. The van der Waals surface area contributed by atoms with Crippen molar-refractivity contribution in [3.63, 3.8) is 0 Å². The SMILES string of the molecule is CCCCc1nc2c(n1CC1CC3(CC(CN)C3)C1)-c1ccccc1NC2N. The van der Waals surface area contributed by atoms with E-state index in [1.54, 1.807) is 0 Å². The van der Waals surface area contributed by atoms with Gasteiger partial charge in [-0.3, -0.25) is 0 Å². The number of aromatic nitrogens is 2. The molecule has 28 heavy (non-hydrogen) atoms.